The molecule has 2 aliphatic heterocycles. The van der Waals surface area contributed by atoms with E-state index < -0.39 is 0 Å². The van der Waals surface area contributed by atoms with Crippen LogP contribution in [-0.4, -0.2) is 52.6 Å². The van der Waals surface area contributed by atoms with Crippen molar-refractivity contribution in [3.8, 4) is 0 Å². The van der Waals surface area contributed by atoms with Gasteiger partial charge in [0.2, 0.25) is 11.8 Å². The Kier molecular flexibility index (Phi) is 6.31. The lowest BCUT2D eigenvalue weighted by Gasteiger charge is -2.35. The largest absolute Gasteiger partial charge is 0.331 e. The van der Waals surface area contributed by atoms with Crippen LogP contribution in [0.1, 0.15) is 63.4 Å². The van der Waals surface area contributed by atoms with Gasteiger partial charge in [-0.2, -0.15) is 0 Å². The summed E-state index contributed by atoms with van der Waals surface area (Å²) in [5, 5.41) is 0. The van der Waals surface area contributed by atoms with Gasteiger partial charge in [-0.05, 0) is 56.4 Å². The van der Waals surface area contributed by atoms with Crippen LogP contribution in [0.5, 0.6) is 0 Å². The van der Waals surface area contributed by atoms with Crippen molar-refractivity contribution in [1.82, 2.24) is 9.80 Å². The van der Waals surface area contributed by atoms with E-state index in [0.717, 1.165) is 57.7 Å². The third-order valence-electron chi connectivity index (χ3n) is 7.10. The summed E-state index contributed by atoms with van der Waals surface area (Å²) < 4.78 is 0. The number of aldehydes is 1. The molecule has 1 aromatic carbocycles. The Morgan fingerprint density at radius 1 is 1.03 bits per heavy atom. The van der Waals surface area contributed by atoms with Crippen molar-refractivity contribution in [2.24, 2.45) is 5.92 Å². The van der Waals surface area contributed by atoms with E-state index in [-0.39, 0.29) is 29.9 Å². The number of hydrogen-bond acceptors (Lipinski definition) is 3. The van der Waals surface area contributed by atoms with E-state index in [2.05, 4.69) is 12.1 Å². The van der Waals surface area contributed by atoms with Crippen LogP contribution in [0.25, 0.3) is 0 Å². The predicted octanol–water partition coefficient (Wildman–Crippen LogP) is 3.36. The third kappa shape index (κ3) is 4.24. The second-order valence-electron chi connectivity index (χ2n) is 8.88. The molecule has 156 valence electrons. The summed E-state index contributed by atoms with van der Waals surface area (Å²) in [7, 11) is 0. The molecule has 1 aromatic rings. The zero-order valence-electron chi connectivity index (χ0n) is 17.2. The molecule has 0 spiro atoms. The van der Waals surface area contributed by atoms with E-state index in [1.807, 2.05) is 23.1 Å². The molecule has 2 saturated heterocycles. The lowest BCUT2D eigenvalue weighted by Crippen LogP contribution is -2.52. The van der Waals surface area contributed by atoms with E-state index in [9.17, 15) is 14.4 Å². The molecule has 3 fully saturated rings. The first-order valence-corrected chi connectivity index (χ1v) is 11.3. The average Bonchev–Trinajstić information content (AvgIpc) is 3.38. The van der Waals surface area contributed by atoms with Gasteiger partial charge in [-0.15, -0.1) is 0 Å². The maximum atomic E-state index is 13.3. The van der Waals surface area contributed by atoms with Crippen molar-refractivity contribution in [1.29, 1.82) is 0 Å². The zero-order chi connectivity index (χ0) is 20.2. The van der Waals surface area contributed by atoms with Crippen molar-refractivity contribution in [3.63, 3.8) is 0 Å². The molecule has 1 unspecified atom stereocenters. The highest BCUT2D eigenvalue weighted by Crippen LogP contribution is 2.41. The topological polar surface area (TPSA) is 57.7 Å². The number of hydrogen-bond donors (Lipinski definition) is 0. The molecule has 0 aromatic heterocycles. The normalized spacial score (nSPS) is 29.0. The first-order chi connectivity index (χ1) is 14.2. The molecule has 1 saturated carbocycles. The van der Waals surface area contributed by atoms with Gasteiger partial charge in [-0.25, -0.2) is 0 Å². The van der Waals surface area contributed by atoms with E-state index >= 15 is 0 Å². The van der Waals surface area contributed by atoms with E-state index in [4.69, 9.17) is 0 Å². The van der Waals surface area contributed by atoms with Gasteiger partial charge >= 0.3 is 0 Å². The Balaban J connectivity index is 1.45. The molecule has 5 nitrogen and oxygen atoms in total. The number of fused-ring (bicyclic) bond motifs is 1. The Morgan fingerprint density at radius 3 is 2.62 bits per heavy atom. The fourth-order valence-electron chi connectivity index (χ4n) is 5.66. The second kappa shape index (κ2) is 9.10. The maximum absolute atomic E-state index is 13.3. The third-order valence-corrected chi connectivity index (χ3v) is 7.10. The highest BCUT2D eigenvalue weighted by atomic mass is 16.2. The SMILES string of the molecule is O=C[C@@H]1CCCN1C(=O)[C@@H]1C[C@H]2CCCCC2N1C(=O)CCCc1ccccc1. The van der Waals surface area contributed by atoms with Crippen LogP contribution >= 0.6 is 0 Å². The number of carbonyl (C=O) groups excluding carboxylic acids is 3. The van der Waals surface area contributed by atoms with Crippen LogP contribution in [-0.2, 0) is 20.8 Å². The minimum atomic E-state index is -0.368. The van der Waals surface area contributed by atoms with E-state index in [1.54, 1.807) is 4.90 Å². The molecule has 0 N–H and O–H groups in total. The Morgan fingerprint density at radius 2 is 1.83 bits per heavy atom. The number of amides is 2. The molecule has 0 radical (unpaired) electrons. The predicted molar refractivity (Wildman–Crippen MR) is 111 cm³/mol. The number of carbonyl (C=O) groups is 3. The summed E-state index contributed by atoms with van der Waals surface area (Å²) in [5.74, 6) is 0.564. The number of benzene rings is 1. The molecule has 3 aliphatic rings. The summed E-state index contributed by atoms with van der Waals surface area (Å²) in [6.45, 7) is 0.643. The zero-order valence-corrected chi connectivity index (χ0v) is 17.2. The molecule has 4 atom stereocenters. The number of rotatable bonds is 6. The van der Waals surface area contributed by atoms with Gasteiger partial charge in [-0.1, -0.05) is 43.2 Å². The summed E-state index contributed by atoms with van der Waals surface area (Å²) in [4.78, 5) is 41.7. The van der Waals surface area contributed by atoms with Crippen LogP contribution in [0.4, 0.5) is 0 Å². The lowest BCUT2D eigenvalue weighted by atomic mass is 9.84. The van der Waals surface area contributed by atoms with E-state index in [1.165, 1.54) is 12.0 Å². The van der Waals surface area contributed by atoms with Crippen LogP contribution in [0.15, 0.2) is 30.3 Å². The van der Waals surface area contributed by atoms with Crippen molar-refractivity contribution >= 4 is 18.1 Å². The van der Waals surface area contributed by atoms with Crippen LogP contribution in [0.2, 0.25) is 0 Å². The summed E-state index contributed by atoms with van der Waals surface area (Å²) in [5.41, 5.74) is 1.25. The number of likely N-dealkylation sites (tertiary alicyclic amines) is 2. The summed E-state index contributed by atoms with van der Waals surface area (Å²) in [6, 6.07) is 9.78. The maximum Gasteiger partial charge on any atom is 0.246 e. The van der Waals surface area contributed by atoms with Crippen molar-refractivity contribution in [2.75, 3.05) is 6.54 Å². The number of aryl methyl sites for hydroxylation is 1. The fourth-order valence-corrected chi connectivity index (χ4v) is 5.66. The minimum absolute atomic E-state index is 0.00501. The highest BCUT2D eigenvalue weighted by molar-refractivity contribution is 5.90. The molecule has 0 bridgehead atoms. The summed E-state index contributed by atoms with van der Waals surface area (Å²) >= 11 is 0. The lowest BCUT2D eigenvalue weighted by molar-refractivity contribution is -0.146. The monoisotopic (exact) mass is 396 g/mol. The second-order valence-corrected chi connectivity index (χ2v) is 8.88. The molecule has 5 heteroatoms. The van der Waals surface area contributed by atoms with Gasteiger partial charge in [0.25, 0.3) is 0 Å². The molecule has 29 heavy (non-hydrogen) atoms. The Labute approximate surface area is 173 Å². The van der Waals surface area contributed by atoms with Crippen molar-refractivity contribution in [3.05, 3.63) is 35.9 Å². The molecular weight excluding hydrogens is 364 g/mol. The van der Waals surface area contributed by atoms with Gasteiger partial charge in [0.15, 0.2) is 0 Å². The molecule has 2 heterocycles. The summed E-state index contributed by atoms with van der Waals surface area (Å²) in [6.07, 6.45) is 9.92. The van der Waals surface area contributed by atoms with E-state index in [0.29, 0.717) is 18.9 Å². The standard InChI is InChI=1S/C24H32N2O3/c27-17-20-12-7-15-25(20)24(29)22-16-19-11-4-5-13-21(19)26(22)23(28)14-6-10-18-8-2-1-3-9-18/h1-3,8-9,17,19-22H,4-7,10-16H2/t19-,20+,21?,22+/m1/s1. The minimum Gasteiger partial charge on any atom is -0.331 e. The van der Waals surface area contributed by atoms with Gasteiger partial charge in [0, 0.05) is 19.0 Å². The molecule has 1 aliphatic carbocycles. The van der Waals surface area contributed by atoms with Crippen LogP contribution in [0, 0.1) is 5.92 Å². The Bertz CT molecular complexity index is 735. The average molecular weight is 397 g/mol. The van der Waals surface area contributed by atoms with Gasteiger partial charge in [0.1, 0.15) is 12.3 Å². The molecule has 4 rings (SSSR count). The van der Waals surface area contributed by atoms with Gasteiger partial charge < -0.3 is 14.6 Å². The van der Waals surface area contributed by atoms with Crippen molar-refractivity contribution < 1.29 is 14.4 Å². The first kappa shape index (κ1) is 20.1. The van der Waals surface area contributed by atoms with Gasteiger partial charge in [0.05, 0.1) is 6.04 Å². The first-order valence-electron chi connectivity index (χ1n) is 11.3. The molecular formula is C24H32N2O3. The smallest absolute Gasteiger partial charge is 0.246 e. The van der Waals surface area contributed by atoms with Crippen LogP contribution in [0.3, 0.4) is 0 Å². The number of nitrogens with zero attached hydrogens (tertiary/aromatic N) is 2. The Hall–Kier alpha value is -2.17. The quantitative estimate of drug-likeness (QED) is 0.693. The van der Waals surface area contributed by atoms with Gasteiger partial charge in [-0.3, -0.25) is 9.59 Å². The van der Waals surface area contributed by atoms with Crippen LogP contribution < -0.4 is 0 Å². The molecule has 2 amide bonds. The fraction of sp³-hybridized carbons (Fsp3) is 0.625. The van der Waals surface area contributed by atoms with Crippen molar-refractivity contribution in [2.45, 2.75) is 82.3 Å². The highest BCUT2D eigenvalue weighted by Gasteiger charge is 2.49.